The molecule has 0 saturated heterocycles. The van der Waals surface area contributed by atoms with Crippen molar-refractivity contribution in [2.24, 2.45) is 0 Å². The van der Waals surface area contributed by atoms with E-state index in [2.05, 4.69) is 13.0 Å². The zero-order valence-corrected chi connectivity index (χ0v) is 11.7. The lowest BCUT2D eigenvalue weighted by Crippen LogP contribution is -2.11. The first kappa shape index (κ1) is 14.3. The summed E-state index contributed by atoms with van der Waals surface area (Å²) in [5, 5.41) is 9.04. The van der Waals surface area contributed by atoms with Crippen LogP contribution in [0.15, 0.2) is 12.1 Å². The Kier molecular flexibility index (Phi) is 5.22. The molecule has 0 saturated carbocycles. The van der Waals surface area contributed by atoms with E-state index in [4.69, 9.17) is 5.11 Å². The average molecular weight is 252 g/mol. The Morgan fingerprint density at radius 3 is 2.41 bits per heavy atom. The van der Waals surface area contributed by atoms with Gasteiger partial charge in [0.2, 0.25) is 0 Å². The van der Waals surface area contributed by atoms with E-state index in [-0.39, 0.29) is 17.6 Å². The van der Waals surface area contributed by atoms with Crippen molar-refractivity contribution in [2.45, 2.75) is 32.9 Å². The van der Waals surface area contributed by atoms with Crippen molar-refractivity contribution in [3.63, 3.8) is 0 Å². The number of Topliss-reactive ketones (excluding diaryl/α,β-unsaturated/α-hetero) is 1. The Bertz CT molecular complexity index is 413. The smallest absolute Gasteiger partial charge is 0.173 e. The van der Waals surface area contributed by atoms with Crippen LogP contribution in [0.5, 0.6) is 0 Å². The topological polar surface area (TPSA) is 37.3 Å². The minimum Gasteiger partial charge on any atom is -0.395 e. The van der Waals surface area contributed by atoms with Crippen LogP contribution in [0.2, 0.25) is 0 Å². The van der Waals surface area contributed by atoms with Crippen LogP contribution in [0, 0.1) is 20.8 Å². The van der Waals surface area contributed by atoms with E-state index in [1.54, 1.807) is 0 Å². The molecule has 0 aliphatic heterocycles. The number of thioether (sulfide) groups is 1. The van der Waals surface area contributed by atoms with Crippen LogP contribution in [0.3, 0.4) is 0 Å². The van der Waals surface area contributed by atoms with Crippen LogP contribution in [-0.4, -0.2) is 28.5 Å². The molecule has 94 valence electrons. The summed E-state index contributed by atoms with van der Waals surface area (Å²) >= 11 is 1.50. The van der Waals surface area contributed by atoms with E-state index < -0.39 is 0 Å². The molecule has 0 aliphatic rings. The second-order valence-electron chi connectivity index (χ2n) is 4.48. The van der Waals surface area contributed by atoms with Crippen LogP contribution >= 0.6 is 11.8 Å². The van der Waals surface area contributed by atoms with E-state index in [1.165, 1.54) is 17.3 Å². The van der Waals surface area contributed by atoms with Gasteiger partial charge in [-0.3, -0.25) is 4.79 Å². The highest BCUT2D eigenvalue weighted by Gasteiger charge is 2.12. The maximum absolute atomic E-state index is 12.0. The highest BCUT2D eigenvalue weighted by atomic mass is 32.2. The maximum Gasteiger partial charge on any atom is 0.173 e. The van der Waals surface area contributed by atoms with Gasteiger partial charge in [0, 0.05) is 10.8 Å². The summed E-state index contributed by atoms with van der Waals surface area (Å²) in [6, 6.07) is 4.03. The number of rotatable bonds is 5. The fourth-order valence-corrected chi connectivity index (χ4v) is 2.31. The van der Waals surface area contributed by atoms with Crippen molar-refractivity contribution in [2.75, 3.05) is 12.4 Å². The highest BCUT2D eigenvalue weighted by molar-refractivity contribution is 8.00. The Hall–Kier alpha value is -0.800. The van der Waals surface area contributed by atoms with Gasteiger partial charge in [-0.1, -0.05) is 13.0 Å². The van der Waals surface area contributed by atoms with Gasteiger partial charge in [-0.05, 0) is 43.5 Å². The number of ketones is 1. The van der Waals surface area contributed by atoms with Gasteiger partial charge in [-0.25, -0.2) is 0 Å². The zero-order valence-electron chi connectivity index (χ0n) is 10.9. The molecule has 1 aromatic carbocycles. The van der Waals surface area contributed by atoms with E-state index in [0.717, 1.165) is 16.7 Å². The second-order valence-corrected chi connectivity index (χ2v) is 5.91. The van der Waals surface area contributed by atoms with E-state index in [1.807, 2.05) is 26.8 Å². The van der Waals surface area contributed by atoms with Crippen LogP contribution in [0.4, 0.5) is 0 Å². The molecular weight excluding hydrogens is 232 g/mol. The summed E-state index contributed by atoms with van der Waals surface area (Å²) in [4.78, 5) is 12.0. The molecule has 1 unspecified atom stereocenters. The molecule has 1 rings (SSSR count). The molecule has 0 fully saturated rings. The molecule has 0 aromatic heterocycles. The van der Waals surface area contributed by atoms with Gasteiger partial charge in [0.15, 0.2) is 5.78 Å². The summed E-state index contributed by atoms with van der Waals surface area (Å²) in [6.07, 6.45) is 0. The third-order valence-electron chi connectivity index (χ3n) is 2.90. The Balaban J connectivity index is 2.79. The number of hydrogen-bond acceptors (Lipinski definition) is 3. The summed E-state index contributed by atoms with van der Waals surface area (Å²) in [6.45, 7) is 8.09. The Labute approximate surface area is 107 Å². The molecular formula is C14H20O2S. The SMILES string of the molecule is Cc1cc(C)c(C(=O)CSC(C)CO)cc1C. The zero-order chi connectivity index (χ0) is 13.0. The van der Waals surface area contributed by atoms with E-state index >= 15 is 0 Å². The van der Waals surface area contributed by atoms with Crippen molar-refractivity contribution in [1.82, 2.24) is 0 Å². The van der Waals surface area contributed by atoms with Gasteiger partial charge in [-0.15, -0.1) is 11.8 Å². The lowest BCUT2D eigenvalue weighted by atomic mass is 9.99. The summed E-state index contributed by atoms with van der Waals surface area (Å²) < 4.78 is 0. The molecule has 0 spiro atoms. The lowest BCUT2D eigenvalue weighted by Gasteiger charge is -2.10. The first-order chi connectivity index (χ1) is 7.95. The van der Waals surface area contributed by atoms with E-state index in [9.17, 15) is 4.79 Å². The van der Waals surface area contributed by atoms with Crippen LogP contribution in [-0.2, 0) is 0 Å². The van der Waals surface area contributed by atoms with Crippen LogP contribution < -0.4 is 0 Å². The van der Waals surface area contributed by atoms with Crippen molar-refractivity contribution in [3.05, 3.63) is 34.4 Å². The number of hydrogen-bond donors (Lipinski definition) is 1. The molecule has 0 heterocycles. The quantitative estimate of drug-likeness (QED) is 0.819. The van der Waals surface area contributed by atoms with Crippen molar-refractivity contribution in [3.8, 4) is 0 Å². The first-order valence-electron chi connectivity index (χ1n) is 5.79. The molecule has 1 N–H and O–H groups in total. The molecule has 0 amide bonds. The standard InChI is InChI=1S/C14H20O2S/c1-9-5-11(3)13(6-10(9)2)14(16)8-17-12(4)7-15/h5-6,12,15H,7-8H2,1-4H3. The van der Waals surface area contributed by atoms with Gasteiger partial charge >= 0.3 is 0 Å². The molecule has 0 aliphatic carbocycles. The van der Waals surface area contributed by atoms with Gasteiger partial charge in [0.05, 0.1) is 12.4 Å². The number of aliphatic hydroxyl groups is 1. The second kappa shape index (κ2) is 6.22. The molecule has 0 radical (unpaired) electrons. The van der Waals surface area contributed by atoms with Gasteiger partial charge in [-0.2, -0.15) is 0 Å². The highest BCUT2D eigenvalue weighted by Crippen LogP contribution is 2.19. The Morgan fingerprint density at radius 2 is 1.82 bits per heavy atom. The predicted molar refractivity (Wildman–Crippen MR) is 74.0 cm³/mol. The van der Waals surface area contributed by atoms with Gasteiger partial charge in [0.1, 0.15) is 0 Å². The number of aryl methyl sites for hydroxylation is 3. The first-order valence-corrected chi connectivity index (χ1v) is 6.84. The molecule has 17 heavy (non-hydrogen) atoms. The fraction of sp³-hybridized carbons (Fsp3) is 0.500. The minimum absolute atomic E-state index is 0.115. The molecule has 1 aromatic rings. The van der Waals surface area contributed by atoms with Crippen molar-refractivity contribution >= 4 is 17.5 Å². The lowest BCUT2D eigenvalue weighted by molar-refractivity contribution is 0.102. The molecule has 2 nitrogen and oxygen atoms in total. The molecule has 1 atom stereocenters. The normalized spacial score (nSPS) is 12.5. The average Bonchev–Trinajstić information content (AvgIpc) is 2.30. The number of carbonyl (C=O) groups excluding carboxylic acids is 1. The summed E-state index contributed by atoms with van der Waals surface area (Å²) in [7, 11) is 0. The monoisotopic (exact) mass is 252 g/mol. The molecule has 3 heteroatoms. The Morgan fingerprint density at radius 1 is 1.24 bits per heavy atom. The van der Waals surface area contributed by atoms with Gasteiger partial charge in [0.25, 0.3) is 0 Å². The third-order valence-corrected chi connectivity index (χ3v) is 4.04. The number of carbonyl (C=O) groups is 1. The minimum atomic E-state index is 0.115. The molecule has 0 bridgehead atoms. The predicted octanol–water partition coefficient (Wildman–Crippen LogP) is 2.91. The van der Waals surface area contributed by atoms with Gasteiger partial charge < -0.3 is 5.11 Å². The van der Waals surface area contributed by atoms with E-state index in [0.29, 0.717) is 5.75 Å². The fourth-order valence-electron chi connectivity index (χ4n) is 1.61. The van der Waals surface area contributed by atoms with Crippen molar-refractivity contribution in [1.29, 1.82) is 0 Å². The largest absolute Gasteiger partial charge is 0.395 e. The summed E-state index contributed by atoms with van der Waals surface area (Å²) in [5.41, 5.74) is 4.22. The van der Waals surface area contributed by atoms with Crippen LogP contribution in [0.25, 0.3) is 0 Å². The third kappa shape index (κ3) is 3.86. The number of aliphatic hydroxyl groups excluding tert-OH is 1. The maximum atomic E-state index is 12.0. The summed E-state index contributed by atoms with van der Waals surface area (Å²) in [5.74, 6) is 0.585. The number of benzene rings is 1. The van der Waals surface area contributed by atoms with Crippen LogP contribution in [0.1, 0.15) is 34.0 Å². The van der Waals surface area contributed by atoms with Crippen molar-refractivity contribution < 1.29 is 9.90 Å².